The van der Waals surface area contributed by atoms with Gasteiger partial charge >= 0.3 is 5.97 Å². The number of para-hydroxylation sites is 1. The van der Waals surface area contributed by atoms with Crippen LogP contribution in [0, 0.1) is 13.8 Å². The largest absolute Gasteiger partial charge is 0.493 e. The molecule has 1 atom stereocenters. The van der Waals surface area contributed by atoms with E-state index in [4.69, 9.17) is 9.84 Å². The zero-order chi connectivity index (χ0) is 13.5. The number of benzene rings is 1. The molecule has 0 aromatic heterocycles. The highest BCUT2D eigenvalue weighted by Gasteiger charge is 2.15. The summed E-state index contributed by atoms with van der Waals surface area (Å²) in [7, 11) is 0. The minimum atomic E-state index is -0.832. The summed E-state index contributed by atoms with van der Waals surface area (Å²) in [6.07, 6.45) is 0.455. The maximum Gasteiger partial charge on any atom is 0.320 e. The second-order valence-corrected chi connectivity index (χ2v) is 4.31. The Kier molecular flexibility index (Phi) is 5.65. The van der Waals surface area contributed by atoms with E-state index in [9.17, 15) is 4.79 Å². The lowest BCUT2D eigenvalue weighted by molar-refractivity contribution is -0.139. The Balaban J connectivity index is 2.52. The van der Waals surface area contributed by atoms with Crippen LogP contribution in [-0.2, 0) is 4.79 Å². The van der Waals surface area contributed by atoms with Gasteiger partial charge in [0.15, 0.2) is 0 Å². The topological polar surface area (TPSA) is 58.6 Å². The molecule has 1 aromatic carbocycles. The molecule has 18 heavy (non-hydrogen) atoms. The highest BCUT2D eigenvalue weighted by Crippen LogP contribution is 2.22. The molecule has 4 nitrogen and oxygen atoms in total. The molecule has 100 valence electrons. The summed E-state index contributed by atoms with van der Waals surface area (Å²) in [5, 5.41) is 11.9. The summed E-state index contributed by atoms with van der Waals surface area (Å²) in [4.78, 5) is 10.9. The summed E-state index contributed by atoms with van der Waals surface area (Å²) in [5.74, 6) is 0.0279. The van der Waals surface area contributed by atoms with Gasteiger partial charge in [-0.1, -0.05) is 25.1 Å². The molecule has 0 heterocycles. The zero-order valence-electron chi connectivity index (χ0n) is 11.2. The van der Waals surface area contributed by atoms with Crippen LogP contribution in [0.25, 0.3) is 0 Å². The van der Waals surface area contributed by atoms with Crippen molar-refractivity contribution in [3.8, 4) is 5.75 Å². The molecule has 0 aliphatic heterocycles. The first-order valence-corrected chi connectivity index (χ1v) is 6.21. The maximum absolute atomic E-state index is 10.9. The molecule has 2 N–H and O–H groups in total. The van der Waals surface area contributed by atoms with Crippen molar-refractivity contribution in [2.45, 2.75) is 33.2 Å². The van der Waals surface area contributed by atoms with Crippen molar-refractivity contribution in [3.05, 3.63) is 29.3 Å². The van der Waals surface area contributed by atoms with Gasteiger partial charge < -0.3 is 15.2 Å². The van der Waals surface area contributed by atoms with Gasteiger partial charge in [-0.15, -0.1) is 0 Å². The van der Waals surface area contributed by atoms with Crippen LogP contribution in [0.1, 0.15) is 24.5 Å². The average molecular weight is 251 g/mol. The Hall–Kier alpha value is -1.55. The van der Waals surface area contributed by atoms with Gasteiger partial charge in [0.2, 0.25) is 0 Å². The molecule has 0 fully saturated rings. The molecule has 0 saturated heterocycles. The Bertz CT molecular complexity index is 384. The summed E-state index contributed by atoms with van der Waals surface area (Å²) in [6.45, 7) is 6.90. The summed E-state index contributed by atoms with van der Waals surface area (Å²) < 4.78 is 5.69. The first-order valence-electron chi connectivity index (χ1n) is 6.21. The molecule has 1 unspecified atom stereocenters. The van der Waals surface area contributed by atoms with E-state index >= 15 is 0 Å². The molecule has 0 radical (unpaired) electrons. The van der Waals surface area contributed by atoms with Gasteiger partial charge in [0.1, 0.15) is 11.8 Å². The van der Waals surface area contributed by atoms with Crippen LogP contribution >= 0.6 is 0 Å². The first-order chi connectivity index (χ1) is 8.56. The lowest BCUT2D eigenvalue weighted by Gasteiger charge is -2.15. The van der Waals surface area contributed by atoms with Gasteiger partial charge in [-0.25, -0.2) is 0 Å². The van der Waals surface area contributed by atoms with Crippen molar-refractivity contribution >= 4 is 5.97 Å². The third-order valence-corrected chi connectivity index (χ3v) is 2.81. The monoisotopic (exact) mass is 251 g/mol. The van der Waals surface area contributed by atoms with E-state index < -0.39 is 12.0 Å². The van der Waals surface area contributed by atoms with Gasteiger partial charge in [0, 0.05) is 6.42 Å². The fraction of sp³-hybridized carbons (Fsp3) is 0.500. The highest BCUT2D eigenvalue weighted by atomic mass is 16.5. The lowest BCUT2D eigenvalue weighted by Crippen LogP contribution is -2.37. The number of hydrogen-bond donors (Lipinski definition) is 2. The predicted molar refractivity (Wildman–Crippen MR) is 71.1 cm³/mol. The molecule has 0 aliphatic rings. The number of carbonyl (C=O) groups is 1. The number of rotatable bonds is 7. The Morgan fingerprint density at radius 1 is 1.39 bits per heavy atom. The van der Waals surface area contributed by atoms with E-state index in [1.54, 1.807) is 0 Å². The second kappa shape index (κ2) is 7.01. The van der Waals surface area contributed by atoms with Gasteiger partial charge in [0.05, 0.1) is 6.61 Å². The molecule has 0 aliphatic carbocycles. The average Bonchev–Trinajstić information content (AvgIpc) is 2.31. The minimum Gasteiger partial charge on any atom is -0.493 e. The van der Waals surface area contributed by atoms with E-state index in [0.717, 1.165) is 16.9 Å². The number of likely N-dealkylation sites (N-methyl/N-ethyl adjacent to an activating group) is 1. The van der Waals surface area contributed by atoms with Crippen LogP contribution in [-0.4, -0.2) is 30.3 Å². The van der Waals surface area contributed by atoms with Crippen LogP contribution in [0.5, 0.6) is 5.75 Å². The smallest absolute Gasteiger partial charge is 0.320 e. The molecule has 0 spiro atoms. The number of hydrogen-bond acceptors (Lipinski definition) is 3. The fourth-order valence-electron chi connectivity index (χ4n) is 1.86. The molecule has 4 heteroatoms. The molecule has 1 rings (SSSR count). The Labute approximate surface area is 108 Å². The minimum absolute atomic E-state index is 0.398. The maximum atomic E-state index is 10.9. The predicted octanol–water partition coefficient (Wildman–Crippen LogP) is 2.14. The Morgan fingerprint density at radius 2 is 2.00 bits per heavy atom. The van der Waals surface area contributed by atoms with Crippen LogP contribution in [0.3, 0.4) is 0 Å². The molecule has 0 bridgehead atoms. The summed E-state index contributed by atoms with van der Waals surface area (Å²) in [5.41, 5.74) is 2.15. The van der Waals surface area contributed by atoms with E-state index in [0.29, 0.717) is 19.6 Å². The van der Waals surface area contributed by atoms with Crippen molar-refractivity contribution in [1.29, 1.82) is 0 Å². The van der Waals surface area contributed by atoms with Crippen LogP contribution in [0.15, 0.2) is 18.2 Å². The van der Waals surface area contributed by atoms with Crippen LogP contribution in [0.2, 0.25) is 0 Å². The summed E-state index contributed by atoms with van der Waals surface area (Å²) in [6, 6.07) is 5.41. The second-order valence-electron chi connectivity index (χ2n) is 4.31. The molecule has 0 amide bonds. The van der Waals surface area contributed by atoms with E-state index in [1.807, 2.05) is 39.0 Å². The third-order valence-electron chi connectivity index (χ3n) is 2.81. The van der Waals surface area contributed by atoms with Crippen LogP contribution < -0.4 is 10.1 Å². The van der Waals surface area contributed by atoms with Crippen molar-refractivity contribution < 1.29 is 14.6 Å². The van der Waals surface area contributed by atoms with Crippen LogP contribution in [0.4, 0.5) is 0 Å². The molecular weight excluding hydrogens is 230 g/mol. The third kappa shape index (κ3) is 4.04. The number of ether oxygens (including phenoxy) is 1. The standard InChI is InChI=1S/C14H21NO3/c1-4-15-12(14(16)17)8-9-18-13-10(2)6-5-7-11(13)3/h5-7,12,15H,4,8-9H2,1-3H3,(H,16,17). The number of carboxylic acid groups (broad SMARTS) is 1. The molecule has 0 saturated carbocycles. The van der Waals surface area contributed by atoms with Gasteiger partial charge in [-0.2, -0.15) is 0 Å². The van der Waals surface area contributed by atoms with Gasteiger partial charge in [-0.3, -0.25) is 4.79 Å². The van der Waals surface area contributed by atoms with Crippen molar-refractivity contribution in [3.63, 3.8) is 0 Å². The van der Waals surface area contributed by atoms with Crippen molar-refractivity contribution in [1.82, 2.24) is 5.32 Å². The number of aliphatic carboxylic acids is 1. The van der Waals surface area contributed by atoms with E-state index in [2.05, 4.69) is 5.32 Å². The number of carboxylic acids is 1. The van der Waals surface area contributed by atoms with Crippen molar-refractivity contribution in [2.75, 3.05) is 13.2 Å². The number of nitrogens with one attached hydrogen (secondary N) is 1. The van der Waals surface area contributed by atoms with E-state index in [-0.39, 0.29) is 0 Å². The Morgan fingerprint density at radius 3 is 2.50 bits per heavy atom. The quantitative estimate of drug-likeness (QED) is 0.779. The fourth-order valence-corrected chi connectivity index (χ4v) is 1.86. The lowest BCUT2D eigenvalue weighted by atomic mass is 10.1. The molecular formula is C14H21NO3. The number of aryl methyl sites for hydroxylation is 2. The van der Waals surface area contributed by atoms with E-state index in [1.165, 1.54) is 0 Å². The van der Waals surface area contributed by atoms with Crippen molar-refractivity contribution in [2.24, 2.45) is 0 Å². The highest BCUT2D eigenvalue weighted by molar-refractivity contribution is 5.73. The van der Waals surface area contributed by atoms with Gasteiger partial charge in [-0.05, 0) is 31.5 Å². The normalized spacial score (nSPS) is 12.2. The summed E-state index contributed by atoms with van der Waals surface area (Å²) >= 11 is 0. The van der Waals surface area contributed by atoms with Gasteiger partial charge in [0.25, 0.3) is 0 Å². The SMILES string of the molecule is CCNC(CCOc1c(C)cccc1C)C(=O)O. The first kappa shape index (κ1) is 14.5. The molecule has 1 aromatic rings. The zero-order valence-corrected chi connectivity index (χ0v) is 11.2.